The van der Waals surface area contributed by atoms with Gasteiger partial charge in [-0.05, 0) is 43.5 Å². The van der Waals surface area contributed by atoms with Crippen molar-refractivity contribution < 1.29 is 9.59 Å². The smallest absolute Gasteiger partial charge is 0.251 e. The van der Waals surface area contributed by atoms with Crippen molar-refractivity contribution in [2.45, 2.75) is 32.2 Å². The molecule has 0 unspecified atom stereocenters. The van der Waals surface area contributed by atoms with Crippen molar-refractivity contribution in [1.29, 1.82) is 0 Å². The van der Waals surface area contributed by atoms with Crippen molar-refractivity contribution >= 4 is 46.1 Å². The number of thiophene rings is 1. The van der Waals surface area contributed by atoms with Crippen LogP contribution < -0.4 is 5.32 Å². The van der Waals surface area contributed by atoms with Gasteiger partial charge in [0.15, 0.2) is 0 Å². The Balaban J connectivity index is 1.28. The highest BCUT2D eigenvalue weighted by molar-refractivity contribution is 7.23. The van der Waals surface area contributed by atoms with Crippen LogP contribution in [0.4, 0.5) is 0 Å². The maximum absolute atomic E-state index is 12.7. The van der Waals surface area contributed by atoms with E-state index < -0.39 is 0 Å². The number of nitrogens with one attached hydrogen (secondary N) is 1. The summed E-state index contributed by atoms with van der Waals surface area (Å²) in [6, 6.07) is 11.5. The fourth-order valence-electron chi connectivity index (χ4n) is 3.56. The molecule has 0 bridgehead atoms. The molecule has 1 fully saturated rings. The number of likely N-dealkylation sites (tertiary alicyclic amines) is 1. The Kier molecular flexibility index (Phi) is 6.51. The van der Waals surface area contributed by atoms with E-state index in [1.807, 2.05) is 53.6 Å². The van der Waals surface area contributed by atoms with Gasteiger partial charge in [0.25, 0.3) is 5.91 Å². The maximum Gasteiger partial charge on any atom is 0.251 e. The molecule has 8 heteroatoms. The molecule has 3 aromatic rings. The normalized spacial score (nSPS) is 14.7. The highest BCUT2D eigenvalue weighted by Crippen LogP contribution is 2.33. The first-order chi connectivity index (χ1) is 14.5. The molecule has 4 rings (SSSR count). The SMILES string of the molecule is Cc1ccccc1C(=O)NC1CCN(C(=O)Cc2csc(-c3ccc(Cl)s3)n2)CC1. The predicted octanol–water partition coefficient (Wildman–Crippen LogP) is 4.80. The van der Waals surface area contributed by atoms with Gasteiger partial charge in [0, 0.05) is 30.1 Å². The van der Waals surface area contributed by atoms with E-state index in [-0.39, 0.29) is 17.9 Å². The first-order valence-corrected chi connectivity index (χ1v) is 11.9. The van der Waals surface area contributed by atoms with E-state index in [9.17, 15) is 9.59 Å². The van der Waals surface area contributed by atoms with Gasteiger partial charge in [-0.3, -0.25) is 9.59 Å². The summed E-state index contributed by atoms with van der Waals surface area (Å²) in [6.45, 7) is 3.23. The molecule has 1 aliphatic heterocycles. The number of carbonyl (C=O) groups excluding carboxylic acids is 2. The largest absolute Gasteiger partial charge is 0.349 e. The number of nitrogens with zero attached hydrogens (tertiary/aromatic N) is 2. The van der Waals surface area contributed by atoms with Gasteiger partial charge in [0.1, 0.15) is 5.01 Å². The summed E-state index contributed by atoms with van der Waals surface area (Å²) < 4.78 is 0.732. The summed E-state index contributed by atoms with van der Waals surface area (Å²) >= 11 is 9.02. The molecule has 1 aliphatic rings. The lowest BCUT2D eigenvalue weighted by Crippen LogP contribution is -2.47. The predicted molar refractivity (Wildman–Crippen MR) is 122 cm³/mol. The summed E-state index contributed by atoms with van der Waals surface area (Å²) in [5, 5.41) is 5.95. The average Bonchev–Trinajstić information content (AvgIpc) is 3.37. The van der Waals surface area contributed by atoms with Gasteiger partial charge in [-0.15, -0.1) is 22.7 Å². The number of carbonyl (C=O) groups is 2. The summed E-state index contributed by atoms with van der Waals surface area (Å²) in [5.74, 6) is 0.0429. The van der Waals surface area contributed by atoms with E-state index in [2.05, 4.69) is 10.3 Å². The maximum atomic E-state index is 12.7. The van der Waals surface area contributed by atoms with Crippen LogP contribution in [0.15, 0.2) is 41.8 Å². The molecule has 30 heavy (non-hydrogen) atoms. The van der Waals surface area contributed by atoms with Crippen LogP contribution in [0.2, 0.25) is 4.34 Å². The third kappa shape index (κ3) is 4.91. The number of rotatable bonds is 5. The zero-order chi connectivity index (χ0) is 21.1. The van der Waals surface area contributed by atoms with Crippen LogP contribution in [0.1, 0.15) is 34.5 Å². The van der Waals surface area contributed by atoms with Crippen molar-refractivity contribution in [2.24, 2.45) is 0 Å². The molecule has 2 aromatic heterocycles. The monoisotopic (exact) mass is 459 g/mol. The summed E-state index contributed by atoms with van der Waals surface area (Å²) in [4.78, 5) is 32.7. The lowest BCUT2D eigenvalue weighted by Gasteiger charge is -2.32. The van der Waals surface area contributed by atoms with E-state index >= 15 is 0 Å². The van der Waals surface area contributed by atoms with E-state index in [1.165, 1.54) is 22.7 Å². The van der Waals surface area contributed by atoms with Gasteiger partial charge in [-0.25, -0.2) is 4.98 Å². The molecule has 0 atom stereocenters. The van der Waals surface area contributed by atoms with Crippen LogP contribution in [0, 0.1) is 6.92 Å². The minimum absolute atomic E-state index is 0.0402. The minimum Gasteiger partial charge on any atom is -0.349 e. The summed E-state index contributed by atoms with van der Waals surface area (Å²) in [7, 11) is 0. The van der Waals surface area contributed by atoms with Crippen LogP contribution in [0.3, 0.4) is 0 Å². The Morgan fingerprint density at radius 3 is 2.67 bits per heavy atom. The number of hydrogen-bond acceptors (Lipinski definition) is 5. The molecule has 2 amide bonds. The van der Waals surface area contributed by atoms with Gasteiger partial charge < -0.3 is 10.2 Å². The molecule has 1 saturated heterocycles. The Hall–Kier alpha value is -2.22. The molecule has 0 radical (unpaired) electrons. The number of halogens is 1. The number of aromatic nitrogens is 1. The molecule has 1 aromatic carbocycles. The summed E-state index contributed by atoms with van der Waals surface area (Å²) in [5.41, 5.74) is 2.47. The quantitative estimate of drug-likeness (QED) is 0.596. The van der Waals surface area contributed by atoms with E-state index in [4.69, 9.17) is 11.6 Å². The van der Waals surface area contributed by atoms with Crippen molar-refractivity contribution in [3.05, 3.63) is 62.9 Å². The highest BCUT2D eigenvalue weighted by Gasteiger charge is 2.25. The number of amides is 2. The molecular weight excluding hydrogens is 438 g/mol. The lowest BCUT2D eigenvalue weighted by atomic mass is 10.0. The van der Waals surface area contributed by atoms with Crippen molar-refractivity contribution in [1.82, 2.24) is 15.2 Å². The van der Waals surface area contributed by atoms with Gasteiger partial charge in [-0.2, -0.15) is 0 Å². The standard InChI is InChI=1S/C22H22ClN3O2S2/c1-14-4-2-3-5-17(14)21(28)24-15-8-10-26(11-9-15)20(27)12-16-13-29-22(25-16)18-6-7-19(23)30-18/h2-7,13,15H,8-12H2,1H3,(H,24,28). The molecule has 3 heterocycles. The number of benzene rings is 1. The Morgan fingerprint density at radius 1 is 1.20 bits per heavy atom. The van der Waals surface area contributed by atoms with Crippen LogP contribution in [-0.4, -0.2) is 40.8 Å². The van der Waals surface area contributed by atoms with Crippen LogP contribution in [-0.2, 0) is 11.2 Å². The highest BCUT2D eigenvalue weighted by atomic mass is 35.5. The Bertz CT molecular complexity index is 1050. The Morgan fingerprint density at radius 2 is 1.97 bits per heavy atom. The van der Waals surface area contributed by atoms with Crippen LogP contribution in [0.25, 0.3) is 9.88 Å². The zero-order valence-electron chi connectivity index (χ0n) is 16.6. The van der Waals surface area contributed by atoms with Crippen LogP contribution in [0.5, 0.6) is 0 Å². The number of thiazole rings is 1. The number of piperidine rings is 1. The van der Waals surface area contributed by atoms with Gasteiger partial charge in [0.2, 0.25) is 5.91 Å². The third-order valence-electron chi connectivity index (χ3n) is 5.24. The first-order valence-electron chi connectivity index (χ1n) is 9.84. The second-order valence-corrected chi connectivity index (χ2v) is 9.94. The fraction of sp³-hybridized carbons (Fsp3) is 0.318. The lowest BCUT2D eigenvalue weighted by molar-refractivity contribution is -0.131. The van der Waals surface area contributed by atoms with Crippen molar-refractivity contribution in [2.75, 3.05) is 13.1 Å². The topological polar surface area (TPSA) is 62.3 Å². The van der Waals surface area contributed by atoms with Gasteiger partial charge >= 0.3 is 0 Å². The fourth-order valence-corrected chi connectivity index (χ4v) is 5.50. The average molecular weight is 460 g/mol. The van der Waals surface area contributed by atoms with Crippen molar-refractivity contribution in [3.8, 4) is 9.88 Å². The Labute approximate surface area is 188 Å². The van der Waals surface area contributed by atoms with Crippen molar-refractivity contribution in [3.63, 3.8) is 0 Å². The molecule has 0 aliphatic carbocycles. The van der Waals surface area contributed by atoms with Gasteiger partial charge in [0.05, 0.1) is 21.3 Å². The molecule has 0 saturated carbocycles. The second kappa shape index (κ2) is 9.29. The summed E-state index contributed by atoms with van der Waals surface area (Å²) in [6.07, 6.45) is 1.83. The minimum atomic E-state index is -0.0402. The second-order valence-electron chi connectivity index (χ2n) is 7.37. The van der Waals surface area contributed by atoms with E-state index in [0.717, 1.165) is 38.3 Å². The molecular formula is C22H22ClN3O2S2. The zero-order valence-corrected chi connectivity index (χ0v) is 18.9. The third-order valence-corrected chi connectivity index (χ3v) is 7.53. The molecule has 156 valence electrons. The molecule has 0 spiro atoms. The molecule has 5 nitrogen and oxygen atoms in total. The van der Waals surface area contributed by atoms with E-state index in [1.54, 1.807) is 0 Å². The molecule has 1 N–H and O–H groups in total. The van der Waals surface area contributed by atoms with E-state index in [0.29, 0.717) is 25.1 Å². The first kappa shape index (κ1) is 21.0. The van der Waals surface area contributed by atoms with Gasteiger partial charge in [-0.1, -0.05) is 29.8 Å². The number of hydrogen-bond donors (Lipinski definition) is 1. The number of aryl methyl sites for hydroxylation is 1. The van der Waals surface area contributed by atoms with Crippen LogP contribution >= 0.6 is 34.3 Å².